The highest BCUT2D eigenvalue weighted by atomic mass is 32.2. The topological polar surface area (TPSA) is 61.3 Å². The van der Waals surface area contributed by atoms with Gasteiger partial charge in [0.1, 0.15) is 12.0 Å². The van der Waals surface area contributed by atoms with E-state index < -0.39 is 5.41 Å². The van der Waals surface area contributed by atoms with Crippen molar-refractivity contribution in [2.45, 2.75) is 70.9 Å². The third-order valence-electron chi connectivity index (χ3n) is 7.27. The standard InChI is InChI=1S/C21H33BN2O3S2/c1-7-26-16(25)21(14-27-17-23-18(28-6)29-24-17)10-8-15(9-11-21)22-12-19(2,3)20(4,5)13-22/h8H,7,9-14H2,1-6H3. The minimum atomic E-state index is -0.645. The van der Waals surface area contributed by atoms with Crippen LogP contribution in [-0.2, 0) is 9.53 Å². The van der Waals surface area contributed by atoms with Gasteiger partial charge in [0.15, 0.2) is 11.1 Å². The molecule has 0 saturated carbocycles. The molecule has 1 aliphatic carbocycles. The van der Waals surface area contributed by atoms with E-state index in [2.05, 4.69) is 43.1 Å². The Morgan fingerprint density at radius 1 is 1.28 bits per heavy atom. The molecule has 1 unspecified atom stereocenters. The van der Waals surface area contributed by atoms with Gasteiger partial charge >= 0.3 is 12.0 Å². The number of rotatable bonds is 7. The molecule has 1 atom stereocenters. The summed E-state index contributed by atoms with van der Waals surface area (Å²) in [5.41, 5.74) is 1.54. The Morgan fingerprint density at radius 2 is 1.97 bits per heavy atom. The molecule has 1 fully saturated rings. The van der Waals surface area contributed by atoms with Crippen LogP contribution in [0.4, 0.5) is 0 Å². The van der Waals surface area contributed by atoms with Crippen LogP contribution in [0.3, 0.4) is 0 Å². The zero-order valence-electron chi connectivity index (χ0n) is 18.5. The van der Waals surface area contributed by atoms with Gasteiger partial charge in [-0.05, 0) is 54.8 Å². The third kappa shape index (κ3) is 4.68. The molecule has 0 spiro atoms. The van der Waals surface area contributed by atoms with Crippen LogP contribution in [0.2, 0.25) is 12.6 Å². The van der Waals surface area contributed by atoms with Crippen molar-refractivity contribution >= 4 is 36.0 Å². The summed E-state index contributed by atoms with van der Waals surface area (Å²) in [5.74, 6) is -0.164. The largest absolute Gasteiger partial charge is 0.465 e. The molecule has 3 rings (SSSR count). The SMILES string of the molecule is CCOC(=O)C1(COc2nsc(SC)n2)CC=C(B2CC(C)(C)C(C)(C)C2)CC1. The quantitative estimate of drug-likeness (QED) is 0.324. The molecule has 160 valence electrons. The minimum Gasteiger partial charge on any atom is -0.465 e. The molecular weight excluding hydrogens is 403 g/mol. The maximum Gasteiger partial charge on any atom is 0.329 e. The fourth-order valence-electron chi connectivity index (χ4n) is 4.60. The first-order valence-corrected chi connectivity index (χ1v) is 12.5. The van der Waals surface area contributed by atoms with Gasteiger partial charge in [-0.15, -0.1) is 9.85 Å². The summed E-state index contributed by atoms with van der Waals surface area (Å²) >= 11 is 2.86. The summed E-state index contributed by atoms with van der Waals surface area (Å²) in [6, 6.07) is 0.358. The number of allylic oxidation sites excluding steroid dienone is 2. The lowest BCUT2D eigenvalue weighted by Gasteiger charge is -2.35. The Balaban J connectivity index is 1.73. The Kier molecular flexibility index (Phi) is 6.73. The second-order valence-corrected chi connectivity index (χ2v) is 11.5. The summed E-state index contributed by atoms with van der Waals surface area (Å²) in [6.45, 7) is 12.7. The minimum absolute atomic E-state index is 0.164. The predicted molar refractivity (Wildman–Crippen MR) is 121 cm³/mol. The average Bonchev–Trinajstić information content (AvgIpc) is 3.22. The number of aromatic nitrogens is 2. The predicted octanol–water partition coefficient (Wildman–Crippen LogP) is 5.40. The number of esters is 1. The molecule has 0 aromatic carbocycles. The van der Waals surface area contributed by atoms with Crippen LogP contribution in [0.1, 0.15) is 53.9 Å². The van der Waals surface area contributed by atoms with Crippen LogP contribution in [0.15, 0.2) is 15.9 Å². The normalized spacial score (nSPS) is 25.6. The molecule has 2 heterocycles. The first kappa shape index (κ1) is 22.7. The van der Waals surface area contributed by atoms with Crippen molar-refractivity contribution < 1.29 is 14.3 Å². The lowest BCUT2D eigenvalue weighted by molar-refractivity contribution is -0.158. The van der Waals surface area contributed by atoms with Crippen molar-refractivity contribution in [1.29, 1.82) is 0 Å². The van der Waals surface area contributed by atoms with Crippen LogP contribution in [0.5, 0.6) is 6.01 Å². The summed E-state index contributed by atoms with van der Waals surface area (Å²) < 4.78 is 16.4. The van der Waals surface area contributed by atoms with Crippen molar-refractivity contribution in [3.63, 3.8) is 0 Å². The Bertz CT molecular complexity index is 762. The number of hydrogen-bond acceptors (Lipinski definition) is 7. The number of carbonyl (C=O) groups excluding carboxylic acids is 1. The van der Waals surface area contributed by atoms with E-state index in [0.29, 0.717) is 36.6 Å². The van der Waals surface area contributed by atoms with E-state index in [1.807, 2.05) is 13.2 Å². The highest BCUT2D eigenvalue weighted by Crippen LogP contribution is 2.55. The van der Waals surface area contributed by atoms with Gasteiger partial charge in [-0.1, -0.05) is 58.2 Å². The molecule has 2 aliphatic rings. The highest BCUT2D eigenvalue weighted by molar-refractivity contribution is 8.00. The Hall–Kier alpha value is -1.02. The Labute approximate surface area is 183 Å². The lowest BCUT2D eigenvalue weighted by atomic mass is 9.39. The fraction of sp³-hybridized carbons (Fsp3) is 0.762. The molecule has 0 bridgehead atoms. The smallest absolute Gasteiger partial charge is 0.329 e. The van der Waals surface area contributed by atoms with E-state index >= 15 is 0 Å². The van der Waals surface area contributed by atoms with Crippen LogP contribution in [0.25, 0.3) is 0 Å². The maximum absolute atomic E-state index is 12.9. The van der Waals surface area contributed by atoms with Crippen molar-refractivity contribution in [2.24, 2.45) is 16.2 Å². The van der Waals surface area contributed by atoms with Gasteiger partial charge in [0, 0.05) is 0 Å². The molecule has 5 nitrogen and oxygen atoms in total. The lowest BCUT2D eigenvalue weighted by Crippen LogP contribution is -2.41. The molecule has 0 radical (unpaired) electrons. The first-order chi connectivity index (χ1) is 13.6. The van der Waals surface area contributed by atoms with E-state index in [1.54, 1.807) is 11.8 Å². The summed E-state index contributed by atoms with van der Waals surface area (Å²) in [4.78, 5) is 17.2. The molecule has 8 heteroatoms. The summed E-state index contributed by atoms with van der Waals surface area (Å²) in [7, 11) is 0. The molecule has 1 aromatic heterocycles. The second kappa shape index (κ2) is 8.62. The molecular formula is C21H33BN2O3S2. The zero-order valence-corrected chi connectivity index (χ0v) is 20.2. The first-order valence-electron chi connectivity index (χ1n) is 10.5. The van der Waals surface area contributed by atoms with Gasteiger partial charge in [-0.3, -0.25) is 4.79 Å². The van der Waals surface area contributed by atoms with Gasteiger partial charge in [0.2, 0.25) is 0 Å². The van der Waals surface area contributed by atoms with Crippen molar-refractivity contribution in [3.8, 4) is 6.01 Å². The van der Waals surface area contributed by atoms with Gasteiger partial charge in [-0.2, -0.15) is 4.98 Å². The van der Waals surface area contributed by atoms with Gasteiger partial charge < -0.3 is 9.47 Å². The van der Waals surface area contributed by atoms with E-state index in [4.69, 9.17) is 9.47 Å². The molecule has 1 saturated heterocycles. The number of carbonyl (C=O) groups is 1. The fourth-order valence-corrected chi connectivity index (χ4v) is 5.55. The van der Waals surface area contributed by atoms with E-state index in [0.717, 1.165) is 17.2 Å². The zero-order chi connectivity index (χ0) is 21.3. The van der Waals surface area contributed by atoms with E-state index in [-0.39, 0.29) is 12.6 Å². The average molecular weight is 436 g/mol. The van der Waals surface area contributed by atoms with Crippen LogP contribution < -0.4 is 4.74 Å². The summed E-state index contributed by atoms with van der Waals surface area (Å²) in [5, 5.41) is 0. The molecule has 1 aromatic rings. The van der Waals surface area contributed by atoms with Crippen molar-refractivity contribution in [1.82, 2.24) is 9.36 Å². The monoisotopic (exact) mass is 436 g/mol. The van der Waals surface area contributed by atoms with Gasteiger partial charge in [0.25, 0.3) is 0 Å². The number of thioether (sulfide) groups is 1. The molecule has 0 amide bonds. The van der Waals surface area contributed by atoms with E-state index in [9.17, 15) is 4.79 Å². The Morgan fingerprint density at radius 3 is 2.48 bits per heavy atom. The van der Waals surface area contributed by atoms with Crippen LogP contribution in [-0.4, -0.2) is 41.5 Å². The van der Waals surface area contributed by atoms with Gasteiger partial charge in [-0.25, -0.2) is 0 Å². The second-order valence-electron chi connectivity index (χ2n) is 9.69. The third-order valence-corrected chi connectivity index (χ3v) is 8.93. The van der Waals surface area contributed by atoms with E-state index in [1.165, 1.54) is 29.6 Å². The van der Waals surface area contributed by atoms with Crippen molar-refractivity contribution in [3.05, 3.63) is 11.5 Å². The van der Waals surface area contributed by atoms with Crippen LogP contribution >= 0.6 is 23.3 Å². The molecule has 1 aliphatic heterocycles. The van der Waals surface area contributed by atoms with Gasteiger partial charge in [0.05, 0.1) is 6.61 Å². The maximum atomic E-state index is 12.9. The molecule has 29 heavy (non-hydrogen) atoms. The van der Waals surface area contributed by atoms with Crippen LogP contribution in [0, 0.1) is 16.2 Å². The number of hydrogen-bond donors (Lipinski definition) is 0. The number of ether oxygens (including phenoxy) is 2. The summed E-state index contributed by atoms with van der Waals surface area (Å²) in [6.07, 6.45) is 9.05. The highest BCUT2D eigenvalue weighted by Gasteiger charge is 2.50. The number of nitrogens with zero attached hydrogens (tertiary/aromatic N) is 2. The van der Waals surface area contributed by atoms with Crippen molar-refractivity contribution in [2.75, 3.05) is 19.5 Å². The molecule has 0 N–H and O–H groups in total.